The lowest BCUT2D eigenvalue weighted by atomic mass is 10.1. The zero-order chi connectivity index (χ0) is 22.5. The molecule has 11 heteroatoms. The normalized spacial score (nSPS) is 10.5. The highest BCUT2D eigenvalue weighted by Crippen LogP contribution is 2.30. The van der Waals surface area contributed by atoms with Gasteiger partial charge in [-0.05, 0) is 42.0 Å². The Balaban J connectivity index is 1.72. The third-order valence-corrected chi connectivity index (χ3v) is 4.20. The fourth-order valence-corrected chi connectivity index (χ4v) is 2.96. The summed E-state index contributed by atoms with van der Waals surface area (Å²) in [6, 6.07) is 10.8. The fourth-order valence-electron chi connectivity index (χ4n) is 2.96. The van der Waals surface area contributed by atoms with Crippen LogP contribution in [0.4, 0.5) is 17.2 Å². The molecule has 2 aromatic carbocycles. The summed E-state index contributed by atoms with van der Waals surface area (Å²) >= 11 is 0. The van der Waals surface area contributed by atoms with Crippen molar-refractivity contribution in [2.75, 3.05) is 5.32 Å². The Morgan fingerprint density at radius 2 is 1.71 bits per heavy atom. The van der Waals surface area contributed by atoms with Gasteiger partial charge >= 0.3 is 5.82 Å². The van der Waals surface area contributed by atoms with Crippen molar-refractivity contribution in [3.8, 4) is 11.5 Å². The summed E-state index contributed by atoms with van der Waals surface area (Å²) in [5, 5.41) is 28.3. The molecule has 1 heterocycles. The molecular weight excluding hydrogens is 406 g/mol. The third-order valence-electron chi connectivity index (χ3n) is 4.20. The Labute approximate surface area is 176 Å². The van der Waals surface area contributed by atoms with Crippen molar-refractivity contribution in [3.63, 3.8) is 0 Å². The van der Waals surface area contributed by atoms with Crippen molar-refractivity contribution in [2.45, 2.75) is 26.8 Å². The van der Waals surface area contributed by atoms with Crippen molar-refractivity contribution in [1.82, 2.24) is 9.78 Å². The highest BCUT2D eigenvalue weighted by Gasteiger charge is 2.15. The largest absolute Gasteiger partial charge is 0.457 e. The van der Waals surface area contributed by atoms with Gasteiger partial charge in [0.1, 0.15) is 11.5 Å². The molecular formula is C20H19N5O6. The van der Waals surface area contributed by atoms with E-state index >= 15 is 0 Å². The molecule has 0 fully saturated rings. The summed E-state index contributed by atoms with van der Waals surface area (Å²) in [7, 11) is 0. The van der Waals surface area contributed by atoms with E-state index in [2.05, 4.69) is 10.4 Å². The first-order valence-electron chi connectivity index (χ1n) is 9.23. The van der Waals surface area contributed by atoms with Crippen LogP contribution in [0, 0.1) is 34.1 Å². The molecule has 3 aromatic rings. The lowest BCUT2D eigenvalue weighted by molar-refractivity contribution is -0.389. The molecule has 0 aliphatic carbocycles. The molecule has 31 heavy (non-hydrogen) atoms. The van der Waals surface area contributed by atoms with Gasteiger partial charge < -0.3 is 20.2 Å². The van der Waals surface area contributed by atoms with E-state index in [4.69, 9.17) is 4.74 Å². The zero-order valence-electron chi connectivity index (χ0n) is 16.8. The van der Waals surface area contributed by atoms with Gasteiger partial charge in [0.25, 0.3) is 5.69 Å². The molecule has 160 valence electrons. The highest BCUT2D eigenvalue weighted by molar-refractivity contribution is 5.91. The number of hydrogen-bond acceptors (Lipinski definition) is 7. The number of carbonyl (C=O) groups is 1. The number of nitrogens with one attached hydrogen (secondary N) is 1. The Hall–Kier alpha value is -4.28. The molecule has 1 aromatic heterocycles. The molecule has 0 atom stereocenters. The number of ether oxygens (including phenoxy) is 1. The van der Waals surface area contributed by atoms with E-state index in [1.807, 2.05) is 19.9 Å². The van der Waals surface area contributed by atoms with Crippen LogP contribution in [0.5, 0.6) is 11.5 Å². The molecule has 0 radical (unpaired) electrons. The average Bonchev–Trinajstić information content (AvgIpc) is 3.15. The van der Waals surface area contributed by atoms with Crippen molar-refractivity contribution in [2.24, 2.45) is 0 Å². The van der Waals surface area contributed by atoms with Crippen LogP contribution < -0.4 is 10.1 Å². The van der Waals surface area contributed by atoms with Gasteiger partial charge in [-0.3, -0.25) is 14.9 Å². The summed E-state index contributed by atoms with van der Waals surface area (Å²) in [5.41, 5.74) is 1.92. The van der Waals surface area contributed by atoms with E-state index in [1.54, 1.807) is 12.1 Å². The van der Waals surface area contributed by atoms with Gasteiger partial charge in [0.2, 0.25) is 5.91 Å². The molecule has 1 N–H and O–H groups in total. The molecule has 0 unspecified atom stereocenters. The first kappa shape index (κ1) is 21.4. The smallest absolute Gasteiger partial charge is 0.389 e. The van der Waals surface area contributed by atoms with E-state index in [0.29, 0.717) is 5.75 Å². The summed E-state index contributed by atoms with van der Waals surface area (Å²) in [6.07, 6.45) is 1.36. The number of non-ortho nitro benzene ring substituents is 1. The van der Waals surface area contributed by atoms with E-state index in [0.717, 1.165) is 11.1 Å². The maximum absolute atomic E-state index is 12.3. The minimum Gasteiger partial charge on any atom is -0.457 e. The van der Waals surface area contributed by atoms with Crippen molar-refractivity contribution in [1.29, 1.82) is 0 Å². The maximum Gasteiger partial charge on any atom is 0.389 e. The number of benzene rings is 2. The van der Waals surface area contributed by atoms with Gasteiger partial charge in [0.05, 0.1) is 40.6 Å². The Morgan fingerprint density at radius 1 is 1.03 bits per heavy atom. The highest BCUT2D eigenvalue weighted by atomic mass is 16.6. The number of nitro benzene ring substituents is 1. The maximum atomic E-state index is 12.3. The second kappa shape index (κ2) is 9.03. The summed E-state index contributed by atoms with van der Waals surface area (Å²) in [6.45, 7) is 3.93. The number of hydrogen-bond donors (Lipinski definition) is 1. The molecule has 0 spiro atoms. The van der Waals surface area contributed by atoms with Crippen LogP contribution in [0.15, 0.2) is 48.7 Å². The van der Waals surface area contributed by atoms with E-state index in [9.17, 15) is 25.0 Å². The summed E-state index contributed by atoms with van der Waals surface area (Å²) < 4.78 is 7.05. The molecule has 0 bridgehead atoms. The monoisotopic (exact) mass is 425 g/mol. The van der Waals surface area contributed by atoms with Crippen LogP contribution in [0.25, 0.3) is 0 Å². The lowest BCUT2D eigenvalue weighted by Crippen LogP contribution is -2.15. The first-order valence-corrected chi connectivity index (χ1v) is 9.23. The number of aromatic nitrogens is 2. The summed E-state index contributed by atoms with van der Waals surface area (Å²) in [4.78, 5) is 33.0. The number of carbonyl (C=O) groups excluding carboxylic acids is 1. The van der Waals surface area contributed by atoms with Gasteiger partial charge in [-0.15, -0.1) is 0 Å². The average molecular weight is 425 g/mol. The molecule has 0 saturated heterocycles. The number of nitrogens with zero attached hydrogens (tertiary/aromatic N) is 4. The molecule has 3 rings (SSSR count). The Morgan fingerprint density at radius 3 is 2.32 bits per heavy atom. The van der Waals surface area contributed by atoms with Gasteiger partial charge in [-0.1, -0.05) is 6.07 Å². The Kier molecular flexibility index (Phi) is 6.24. The van der Waals surface area contributed by atoms with Crippen LogP contribution in [-0.2, 0) is 11.3 Å². The minimum atomic E-state index is -0.628. The van der Waals surface area contributed by atoms with Crippen LogP contribution in [0.2, 0.25) is 0 Å². The van der Waals surface area contributed by atoms with Crippen LogP contribution in [-0.4, -0.2) is 25.5 Å². The summed E-state index contributed by atoms with van der Waals surface area (Å²) in [5.74, 6) is -0.0176. The van der Waals surface area contributed by atoms with Crippen LogP contribution in [0.3, 0.4) is 0 Å². The van der Waals surface area contributed by atoms with Crippen LogP contribution in [0.1, 0.15) is 17.5 Å². The van der Waals surface area contributed by atoms with Crippen molar-refractivity contribution < 1.29 is 19.4 Å². The number of amides is 1. The number of anilines is 1. The minimum absolute atomic E-state index is 0.0329. The molecule has 11 nitrogen and oxygen atoms in total. The first-order chi connectivity index (χ1) is 14.7. The SMILES string of the molecule is Cc1cc(C)cc(Oc2cc(NC(=O)CCn3ccc([N+](=O)[O-])n3)cc([N+](=O)[O-])c2)c1. The predicted molar refractivity (Wildman–Crippen MR) is 111 cm³/mol. The zero-order valence-corrected chi connectivity index (χ0v) is 16.8. The molecule has 0 aliphatic rings. The molecule has 1 amide bonds. The predicted octanol–water partition coefficient (Wildman–Crippen LogP) is 4.14. The second-order valence-corrected chi connectivity index (χ2v) is 6.89. The van der Waals surface area contributed by atoms with E-state index in [-0.39, 0.29) is 35.9 Å². The van der Waals surface area contributed by atoms with Crippen molar-refractivity contribution >= 4 is 23.1 Å². The molecule has 0 saturated carbocycles. The number of nitro groups is 2. The standard InChI is InChI=1S/C20H19N5O6/c1-13-7-14(2)9-17(8-13)31-18-11-15(10-16(12-18)24(27)28)21-20(26)4-6-23-5-3-19(22-23)25(29)30/h3,5,7-12H,4,6H2,1-2H3,(H,21,26). The van der Waals surface area contributed by atoms with Gasteiger partial charge in [0.15, 0.2) is 0 Å². The topological polar surface area (TPSA) is 142 Å². The second-order valence-electron chi connectivity index (χ2n) is 6.89. The number of aryl methyl sites for hydroxylation is 3. The van der Waals surface area contributed by atoms with E-state index in [1.165, 1.54) is 35.1 Å². The van der Waals surface area contributed by atoms with Gasteiger partial charge in [-0.25, -0.2) is 0 Å². The Bertz CT molecular complexity index is 1140. The van der Waals surface area contributed by atoms with Gasteiger partial charge in [0, 0.05) is 18.6 Å². The van der Waals surface area contributed by atoms with Gasteiger partial charge in [-0.2, -0.15) is 4.68 Å². The van der Waals surface area contributed by atoms with Crippen molar-refractivity contribution in [3.05, 3.63) is 80.0 Å². The quantitative estimate of drug-likeness (QED) is 0.422. The third kappa shape index (κ3) is 5.85. The van der Waals surface area contributed by atoms with Crippen LogP contribution >= 0.6 is 0 Å². The molecule has 0 aliphatic heterocycles. The lowest BCUT2D eigenvalue weighted by Gasteiger charge is -2.10. The van der Waals surface area contributed by atoms with E-state index < -0.39 is 15.8 Å². The number of rotatable bonds is 8. The fraction of sp³-hybridized carbons (Fsp3) is 0.200.